The van der Waals surface area contributed by atoms with Gasteiger partial charge in [-0.2, -0.15) is 0 Å². The molecule has 3 amide bonds. The predicted molar refractivity (Wildman–Crippen MR) is 185 cm³/mol. The van der Waals surface area contributed by atoms with Gasteiger partial charge in [-0.1, -0.05) is 84.4 Å². The number of benzene rings is 5. The summed E-state index contributed by atoms with van der Waals surface area (Å²) in [7, 11) is 1.57. The highest BCUT2D eigenvalue weighted by atomic mass is 35.5. The maximum absolute atomic E-state index is 13.6. The van der Waals surface area contributed by atoms with Gasteiger partial charge in [0.2, 0.25) is 5.91 Å². The number of rotatable bonds is 11. The average molecular weight is 648 g/mol. The molecule has 5 aromatic carbocycles. The minimum atomic E-state index is -0.594. The Bertz CT molecular complexity index is 1850. The van der Waals surface area contributed by atoms with Crippen molar-refractivity contribution in [2.45, 2.75) is 10.1 Å². The zero-order chi connectivity index (χ0) is 32.3. The highest BCUT2D eigenvalue weighted by molar-refractivity contribution is 8.00. The van der Waals surface area contributed by atoms with Gasteiger partial charge in [0.05, 0.1) is 7.11 Å². The topological polar surface area (TPSA) is 96.5 Å². The molecule has 0 saturated heterocycles. The van der Waals surface area contributed by atoms with Crippen LogP contribution < -0.4 is 20.7 Å². The molecule has 1 unspecified atom stereocenters. The summed E-state index contributed by atoms with van der Waals surface area (Å²) in [5, 5.41) is 8.58. The summed E-state index contributed by atoms with van der Waals surface area (Å²) in [5.41, 5.74) is 3.07. The number of hydrogen-bond acceptors (Lipinski definition) is 5. The molecule has 230 valence electrons. The Morgan fingerprint density at radius 1 is 0.739 bits per heavy atom. The van der Waals surface area contributed by atoms with Crippen LogP contribution in [0.15, 0.2) is 144 Å². The number of halogens is 1. The minimum Gasteiger partial charge on any atom is -0.497 e. The molecule has 0 heterocycles. The molecule has 0 saturated carbocycles. The van der Waals surface area contributed by atoms with Gasteiger partial charge < -0.3 is 20.7 Å². The number of anilines is 2. The molecule has 7 nitrogen and oxygen atoms in total. The van der Waals surface area contributed by atoms with Crippen LogP contribution in [0.2, 0.25) is 5.02 Å². The van der Waals surface area contributed by atoms with Crippen molar-refractivity contribution in [3.05, 3.63) is 161 Å². The predicted octanol–water partition coefficient (Wildman–Crippen LogP) is 8.23. The Morgan fingerprint density at radius 2 is 1.39 bits per heavy atom. The zero-order valence-corrected chi connectivity index (χ0v) is 26.3. The molecule has 5 aromatic rings. The Labute approximate surface area is 276 Å². The number of nitrogens with one attached hydrogen (secondary N) is 3. The van der Waals surface area contributed by atoms with E-state index in [0.29, 0.717) is 33.3 Å². The molecule has 0 aromatic heterocycles. The van der Waals surface area contributed by atoms with Gasteiger partial charge in [0.15, 0.2) is 0 Å². The third-order valence-corrected chi connectivity index (χ3v) is 8.23. The molecule has 46 heavy (non-hydrogen) atoms. The lowest BCUT2D eigenvalue weighted by Crippen LogP contribution is -2.30. The quantitative estimate of drug-likeness (QED) is 0.0991. The normalized spacial score (nSPS) is 11.7. The van der Waals surface area contributed by atoms with Crippen molar-refractivity contribution in [3.63, 3.8) is 0 Å². The van der Waals surface area contributed by atoms with E-state index in [4.69, 9.17) is 16.3 Å². The van der Waals surface area contributed by atoms with E-state index in [-0.39, 0.29) is 11.6 Å². The fourth-order valence-corrected chi connectivity index (χ4v) is 5.67. The van der Waals surface area contributed by atoms with E-state index in [1.807, 2.05) is 54.6 Å². The van der Waals surface area contributed by atoms with E-state index in [2.05, 4.69) is 16.0 Å². The van der Waals surface area contributed by atoms with Crippen molar-refractivity contribution in [1.29, 1.82) is 0 Å². The van der Waals surface area contributed by atoms with Gasteiger partial charge in [0, 0.05) is 32.9 Å². The summed E-state index contributed by atoms with van der Waals surface area (Å²) in [6.45, 7) is 0. The van der Waals surface area contributed by atoms with E-state index in [9.17, 15) is 14.4 Å². The lowest BCUT2D eigenvalue weighted by molar-refractivity contribution is -0.116. The van der Waals surface area contributed by atoms with Crippen molar-refractivity contribution >= 4 is 58.5 Å². The van der Waals surface area contributed by atoms with Crippen LogP contribution in [0, 0.1) is 0 Å². The van der Waals surface area contributed by atoms with Crippen molar-refractivity contribution in [2.24, 2.45) is 0 Å². The number of ether oxygens (including phenoxy) is 1. The number of carbonyl (C=O) groups excluding carboxylic acids is 3. The maximum Gasteiger partial charge on any atom is 0.272 e. The monoisotopic (exact) mass is 647 g/mol. The Hall–Kier alpha value is -5.31. The molecule has 0 aliphatic carbocycles. The lowest BCUT2D eigenvalue weighted by Gasteiger charge is -2.18. The van der Waals surface area contributed by atoms with Crippen LogP contribution in [-0.2, 0) is 9.59 Å². The van der Waals surface area contributed by atoms with E-state index < -0.39 is 17.1 Å². The first-order chi connectivity index (χ1) is 22.4. The first-order valence-corrected chi connectivity index (χ1v) is 15.6. The number of thioether (sulfide) groups is 1. The van der Waals surface area contributed by atoms with Gasteiger partial charge in [0.25, 0.3) is 11.8 Å². The van der Waals surface area contributed by atoms with Gasteiger partial charge >= 0.3 is 0 Å². The van der Waals surface area contributed by atoms with E-state index in [1.54, 1.807) is 92.0 Å². The highest BCUT2D eigenvalue weighted by Gasteiger charge is 2.23. The van der Waals surface area contributed by atoms with Crippen LogP contribution >= 0.6 is 23.4 Å². The molecule has 9 heteroatoms. The lowest BCUT2D eigenvalue weighted by atomic mass is 10.1. The number of carbonyl (C=O) groups is 3. The number of amides is 3. The van der Waals surface area contributed by atoms with Crippen molar-refractivity contribution in [1.82, 2.24) is 5.32 Å². The second-order valence-corrected chi connectivity index (χ2v) is 11.7. The fraction of sp³-hybridized carbons (Fsp3) is 0.0541. The Balaban J connectivity index is 1.37. The smallest absolute Gasteiger partial charge is 0.272 e. The van der Waals surface area contributed by atoms with Crippen LogP contribution in [0.5, 0.6) is 5.75 Å². The Kier molecular flexibility index (Phi) is 10.9. The summed E-state index contributed by atoms with van der Waals surface area (Å²) < 4.78 is 5.30. The van der Waals surface area contributed by atoms with Gasteiger partial charge in [0.1, 0.15) is 16.7 Å². The summed E-state index contributed by atoms with van der Waals surface area (Å²) in [5.74, 6) is -0.518. The van der Waals surface area contributed by atoms with Crippen LogP contribution in [0.1, 0.15) is 26.7 Å². The number of methoxy groups -OCH3 is 1. The summed E-state index contributed by atoms with van der Waals surface area (Å²) >= 11 is 7.39. The second-order valence-electron chi connectivity index (χ2n) is 10.0. The van der Waals surface area contributed by atoms with Crippen LogP contribution in [0.25, 0.3) is 6.08 Å². The molecular weight excluding hydrogens is 618 g/mol. The van der Waals surface area contributed by atoms with Crippen LogP contribution in [-0.4, -0.2) is 24.8 Å². The molecule has 0 radical (unpaired) electrons. The highest BCUT2D eigenvalue weighted by Crippen LogP contribution is 2.37. The number of hydrogen-bond donors (Lipinski definition) is 3. The first kappa shape index (κ1) is 32.1. The third-order valence-electron chi connectivity index (χ3n) is 6.73. The van der Waals surface area contributed by atoms with Crippen LogP contribution in [0.4, 0.5) is 11.4 Å². The Morgan fingerprint density at radius 3 is 2.09 bits per heavy atom. The molecule has 0 fully saturated rings. The van der Waals surface area contributed by atoms with Crippen LogP contribution in [0.3, 0.4) is 0 Å². The van der Waals surface area contributed by atoms with Gasteiger partial charge in [-0.15, -0.1) is 11.8 Å². The average Bonchev–Trinajstić information content (AvgIpc) is 3.08. The fourth-order valence-electron chi connectivity index (χ4n) is 4.46. The van der Waals surface area contributed by atoms with Gasteiger partial charge in [-0.05, 0) is 71.8 Å². The zero-order valence-electron chi connectivity index (χ0n) is 24.8. The van der Waals surface area contributed by atoms with E-state index in [1.165, 1.54) is 11.8 Å². The van der Waals surface area contributed by atoms with Gasteiger partial charge in [-0.3, -0.25) is 14.4 Å². The molecule has 0 aliphatic rings. The molecule has 0 spiro atoms. The summed E-state index contributed by atoms with van der Waals surface area (Å²) in [4.78, 5) is 40.9. The largest absolute Gasteiger partial charge is 0.497 e. The van der Waals surface area contributed by atoms with Crippen molar-refractivity contribution in [2.75, 3.05) is 17.7 Å². The summed E-state index contributed by atoms with van der Waals surface area (Å²) in [6.07, 6.45) is 1.58. The van der Waals surface area contributed by atoms with Gasteiger partial charge in [-0.25, -0.2) is 0 Å². The first-order valence-electron chi connectivity index (χ1n) is 14.3. The molecule has 0 aliphatic heterocycles. The molecule has 0 bridgehead atoms. The molecular formula is C37H30ClN3O4S. The SMILES string of the molecule is COc1cccc(NC(=O)C(Sc2cccc(NC(=O)/C(=C/c3ccc(Cl)cc3)NC(=O)c3ccccc3)c2)c2ccccc2)c1. The minimum absolute atomic E-state index is 0.0501. The molecule has 5 rings (SSSR count). The van der Waals surface area contributed by atoms with E-state index in [0.717, 1.165) is 10.5 Å². The van der Waals surface area contributed by atoms with E-state index >= 15 is 0 Å². The molecule has 1 atom stereocenters. The third kappa shape index (κ3) is 8.88. The standard InChI is InChI=1S/C37H30ClN3O4S/c1-45-31-16-8-14-29(23-31)40-37(44)34(26-10-4-2-5-11-26)46-32-17-9-15-30(24-32)39-36(43)33(22-25-18-20-28(38)21-19-25)41-35(42)27-12-6-3-7-13-27/h2-24,34H,1H3,(H,39,43)(H,40,44)(H,41,42)/b33-22-. The summed E-state index contributed by atoms with van der Waals surface area (Å²) in [6, 6.07) is 39.4. The molecule has 3 N–H and O–H groups in total. The van der Waals surface area contributed by atoms with Crippen molar-refractivity contribution in [3.8, 4) is 5.75 Å². The van der Waals surface area contributed by atoms with Crippen molar-refractivity contribution < 1.29 is 19.1 Å². The second kappa shape index (κ2) is 15.6. The maximum atomic E-state index is 13.6.